The van der Waals surface area contributed by atoms with Crippen LogP contribution >= 0.6 is 34.8 Å². The lowest BCUT2D eigenvalue weighted by Crippen LogP contribution is -1.96. The van der Waals surface area contributed by atoms with Crippen molar-refractivity contribution >= 4 is 40.5 Å². The zero-order valence-electron chi connectivity index (χ0n) is 7.36. The van der Waals surface area contributed by atoms with Crippen molar-refractivity contribution in [2.24, 2.45) is 0 Å². The molecule has 15 heavy (non-hydrogen) atoms. The fourth-order valence-electron chi connectivity index (χ4n) is 1.09. The molecular weight excluding hydrogens is 260 g/mol. The molecule has 0 radical (unpaired) electrons. The lowest BCUT2D eigenvalue weighted by atomic mass is 10.1. The summed E-state index contributed by atoms with van der Waals surface area (Å²) in [5.41, 5.74) is 0.311. The predicted molar refractivity (Wildman–Crippen MR) is 61.5 cm³/mol. The highest BCUT2D eigenvalue weighted by atomic mass is 35.5. The van der Waals surface area contributed by atoms with Crippen LogP contribution < -0.4 is 0 Å². The van der Waals surface area contributed by atoms with Crippen LogP contribution in [0.3, 0.4) is 0 Å². The summed E-state index contributed by atoms with van der Waals surface area (Å²) in [7, 11) is 0. The number of hydrogen-bond donors (Lipinski definition) is 0. The molecule has 0 N–H and O–H groups in total. The highest BCUT2D eigenvalue weighted by Gasteiger charge is 2.18. The van der Waals surface area contributed by atoms with Crippen LogP contribution in [-0.2, 0) is 0 Å². The predicted octanol–water partition coefficient (Wildman–Crippen LogP) is 4.19. The summed E-state index contributed by atoms with van der Waals surface area (Å²) in [6.45, 7) is 0. The number of benzene rings is 1. The van der Waals surface area contributed by atoms with Gasteiger partial charge in [0.1, 0.15) is 4.49 Å². The molecule has 0 bridgehead atoms. The van der Waals surface area contributed by atoms with E-state index < -0.39 is 10.3 Å². The topological polar surface area (TPSA) is 43.1 Å². The second-order valence-electron chi connectivity index (χ2n) is 2.67. The van der Waals surface area contributed by atoms with Crippen LogP contribution in [0.5, 0.6) is 0 Å². The van der Waals surface area contributed by atoms with E-state index in [1.165, 1.54) is 12.1 Å². The van der Waals surface area contributed by atoms with Gasteiger partial charge in [-0.2, -0.15) is 0 Å². The van der Waals surface area contributed by atoms with Gasteiger partial charge in [-0.15, -0.1) is 11.6 Å². The number of nitro benzene ring substituents is 1. The maximum absolute atomic E-state index is 10.7. The third-order valence-corrected chi connectivity index (χ3v) is 2.32. The third-order valence-electron chi connectivity index (χ3n) is 1.70. The Morgan fingerprint density at radius 1 is 1.40 bits per heavy atom. The number of alkyl halides is 1. The van der Waals surface area contributed by atoms with Gasteiger partial charge in [-0.1, -0.05) is 41.4 Å². The van der Waals surface area contributed by atoms with Crippen molar-refractivity contribution in [3.63, 3.8) is 0 Å². The highest BCUT2D eigenvalue weighted by Crippen LogP contribution is 2.32. The van der Waals surface area contributed by atoms with Crippen molar-refractivity contribution in [1.82, 2.24) is 0 Å². The normalized spacial score (nSPS) is 11.9. The maximum Gasteiger partial charge on any atom is 0.274 e. The van der Waals surface area contributed by atoms with Gasteiger partial charge in [0.05, 0.1) is 15.9 Å². The van der Waals surface area contributed by atoms with Crippen LogP contribution in [-0.4, -0.2) is 4.92 Å². The quantitative estimate of drug-likeness (QED) is 0.467. The lowest BCUT2D eigenvalue weighted by Gasteiger charge is -2.04. The van der Waals surface area contributed by atoms with Gasteiger partial charge >= 0.3 is 0 Å². The average Bonchev–Trinajstić information content (AvgIpc) is 2.16. The van der Waals surface area contributed by atoms with Gasteiger partial charge < -0.3 is 0 Å². The Morgan fingerprint density at radius 2 is 2.00 bits per heavy atom. The monoisotopic (exact) mass is 265 g/mol. The molecule has 3 nitrogen and oxygen atoms in total. The second-order valence-corrected chi connectivity index (χ2v) is 4.15. The van der Waals surface area contributed by atoms with Gasteiger partial charge in [-0.25, -0.2) is 0 Å². The number of allylic oxidation sites excluding steroid dienone is 1. The number of rotatable bonds is 3. The molecular formula is C9H6Cl3NO2. The van der Waals surface area contributed by atoms with Gasteiger partial charge in [-0.3, -0.25) is 10.1 Å². The van der Waals surface area contributed by atoms with Gasteiger partial charge in [0.25, 0.3) is 5.69 Å². The number of nitrogens with zero attached hydrogens (tertiary/aromatic N) is 1. The van der Waals surface area contributed by atoms with Crippen molar-refractivity contribution in [2.75, 3.05) is 0 Å². The summed E-state index contributed by atoms with van der Waals surface area (Å²) >= 11 is 16.8. The molecule has 1 atom stereocenters. The summed E-state index contributed by atoms with van der Waals surface area (Å²) in [5, 5.41) is 9.96. The molecule has 80 valence electrons. The fraction of sp³-hybridized carbons (Fsp3) is 0.111. The van der Waals surface area contributed by atoms with E-state index >= 15 is 0 Å². The molecule has 0 amide bonds. The summed E-state index contributed by atoms with van der Waals surface area (Å²) in [6, 6.07) is 6.16. The number of halogens is 3. The van der Waals surface area contributed by atoms with Crippen molar-refractivity contribution < 1.29 is 4.92 Å². The van der Waals surface area contributed by atoms with E-state index in [0.717, 1.165) is 0 Å². The molecule has 0 saturated heterocycles. The van der Waals surface area contributed by atoms with E-state index in [1.54, 1.807) is 18.2 Å². The van der Waals surface area contributed by atoms with Crippen LogP contribution in [0.1, 0.15) is 10.9 Å². The Labute approximate surface area is 101 Å². The summed E-state index contributed by atoms with van der Waals surface area (Å²) in [6.07, 6.45) is 1.33. The van der Waals surface area contributed by atoms with Crippen molar-refractivity contribution in [2.45, 2.75) is 5.38 Å². The first-order chi connectivity index (χ1) is 7.02. The molecule has 0 aliphatic carbocycles. The molecule has 6 heteroatoms. The molecule has 1 aromatic carbocycles. The molecule has 0 aromatic heterocycles. The van der Waals surface area contributed by atoms with E-state index in [-0.39, 0.29) is 10.2 Å². The zero-order valence-corrected chi connectivity index (χ0v) is 9.63. The Kier molecular flexibility index (Phi) is 4.39. The Hall–Kier alpha value is -0.770. The molecule has 0 aliphatic rings. The lowest BCUT2D eigenvalue weighted by molar-refractivity contribution is -0.385. The average molecular weight is 267 g/mol. The van der Waals surface area contributed by atoms with Crippen LogP contribution in [0.2, 0.25) is 0 Å². The van der Waals surface area contributed by atoms with Gasteiger partial charge in [0.2, 0.25) is 0 Å². The van der Waals surface area contributed by atoms with E-state index in [0.29, 0.717) is 5.56 Å². The minimum absolute atomic E-state index is 0.0202. The van der Waals surface area contributed by atoms with Crippen LogP contribution in [0.15, 0.2) is 34.8 Å². The molecule has 1 aromatic rings. The van der Waals surface area contributed by atoms with Crippen LogP contribution in [0.4, 0.5) is 5.69 Å². The Morgan fingerprint density at radius 3 is 2.53 bits per heavy atom. The SMILES string of the molecule is O=[N+]([O-])c1ccccc1C(Cl)C=C(Cl)Cl. The van der Waals surface area contributed by atoms with Crippen molar-refractivity contribution in [3.05, 3.63) is 50.5 Å². The van der Waals surface area contributed by atoms with E-state index in [1.807, 2.05) is 0 Å². The minimum Gasteiger partial charge on any atom is -0.258 e. The largest absolute Gasteiger partial charge is 0.274 e. The number of para-hydroxylation sites is 1. The number of nitro groups is 1. The van der Waals surface area contributed by atoms with Crippen LogP contribution in [0, 0.1) is 10.1 Å². The first-order valence-electron chi connectivity index (χ1n) is 3.92. The molecule has 1 unspecified atom stereocenters. The van der Waals surface area contributed by atoms with E-state index in [2.05, 4.69) is 0 Å². The summed E-state index contributed by atoms with van der Waals surface area (Å²) in [4.78, 5) is 10.2. The maximum atomic E-state index is 10.7. The molecule has 1 rings (SSSR count). The minimum atomic E-state index is -0.711. The first kappa shape index (κ1) is 12.3. The molecule has 0 fully saturated rings. The number of hydrogen-bond acceptors (Lipinski definition) is 2. The molecule has 0 saturated carbocycles. The third kappa shape index (κ3) is 3.38. The first-order valence-corrected chi connectivity index (χ1v) is 5.12. The van der Waals surface area contributed by atoms with Crippen molar-refractivity contribution in [1.29, 1.82) is 0 Å². The highest BCUT2D eigenvalue weighted by molar-refractivity contribution is 6.56. The molecule has 0 aliphatic heterocycles. The standard InChI is InChI=1S/C9H6Cl3NO2/c10-7(5-9(11)12)6-3-1-2-4-8(6)13(14)15/h1-5,7H. The summed E-state index contributed by atoms with van der Waals surface area (Å²) in [5.74, 6) is 0. The van der Waals surface area contributed by atoms with Gasteiger partial charge in [0.15, 0.2) is 0 Å². The second kappa shape index (κ2) is 5.35. The Bertz CT molecular complexity index is 402. The van der Waals surface area contributed by atoms with E-state index in [4.69, 9.17) is 34.8 Å². The fourth-order valence-corrected chi connectivity index (χ4v) is 1.78. The van der Waals surface area contributed by atoms with Crippen LogP contribution in [0.25, 0.3) is 0 Å². The molecule has 0 heterocycles. The smallest absolute Gasteiger partial charge is 0.258 e. The zero-order chi connectivity index (χ0) is 11.4. The molecule has 0 spiro atoms. The van der Waals surface area contributed by atoms with Crippen molar-refractivity contribution in [3.8, 4) is 0 Å². The summed E-state index contributed by atoms with van der Waals surface area (Å²) < 4.78 is -0.0202. The van der Waals surface area contributed by atoms with Gasteiger partial charge in [0, 0.05) is 6.07 Å². The van der Waals surface area contributed by atoms with E-state index in [9.17, 15) is 10.1 Å². The Balaban J connectivity index is 3.13. The van der Waals surface area contributed by atoms with Gasteiger partial charge in [-0.05, 0) is 6.08 Å².